The van der Waals surface area contributed by atoms with Crippen molar-refractivity contribution in [3.8, 4) is 0 Å². The topological polar surface area (TPSA) is 66.9 Å². The highest BCUT2D eigenvalue weighted by atomic mass is 32.2. The molecule has 2 aliphatic rings. The van der Waals surface area contributed by atoms with Gasteiger partial charge in [0.1, 0.15) is 6.04 Å². The summed E-state index contributed by atoms with van der Waals surface area (Å²) >= 11 is 0. The minimum Gasteiger partial charge on any atom is -0.468 e. The number of methoxy groups -OCH3 is 1. The number of ether oxygens (including phenoxy) is 1. The minimum absolute atomic E-state index is 0.0592. The van der Waals surface area contributed by atoms with E-state index >= 15 is 0 Å². The lowest BCUT2D eigenvalue weighted by molar-refractivity contribution is -0.146. The molecule has 122 valence electrons. The quantitative estimate of drug-likeness (QED) is 0.737. The smallest absolute Gasteiger partial charge is 0.324 e. The number of hydrogen-bond donors (Lipinski definition) is 0. The Balaban J connectivity index is 2.17. The van der Waals surface area contributed by atoms with E-state index in [1.807, 2.05) is 0 Å². The molecule has 21 heavy (non-hydrogen) atoms. The van der Waals surface area contributed by atoms with Crippen molar-refractivity contribution < 1.29 is 17.9 Å². The van der Waals surface area contributed by atoms with Gasteiger partial charge in [-0.25, -0.2) is 0 Å². The molecule has 1 aliphatic heterocycles. The maximum absolute atomic E-state index is 12.9. The average molecular weight is 318 g/mol. The van der Waals surface area contributed by atoms with Crippen LogP contribution < -0.4 is 0 Å². The van der Waals surface area contributed by atoms with Crippen molar-refractivity contribution in [2.75, 3.05) is 20.7 Å². The molecule has 1 aliphatic carbocycles. The number of esters is 1. The molecule has 1 heterocycles. The van der Waals surface area contributed by atoms with Crippen molar-refractivity contribution in [1.82, 2.24) is 8.61 Å². The van der Waals surface area contributed by atoms with Crippen LogP contribution in [0.25, 0.3) is 0 Å². The molecule has 2 rings (SSSR count). The third kappa shape index (κ3) is 3.57. The van der Waals surface area contributed by atoms with Gasteiger partial charge in [0, 0.05) is 19.6 Å². The molecule has 0 aromatic rings. The van der Waals surface area contributed by atoms with Crippen LogP contribution in [0.15, 0.2) is 0 Å². The highest BCUT2D eigenvalue weighted by molar-refractivity contribution is 7.86. The molecule has 0 amide bonds. The van der Waals surface area contributed by atoms with Gasteiger partial charge in [-0.05, 0) is 32.1 Å². The molecular formula is C14H26N2O4S. The molecule has 1 unspecified atom stereocenters. The van der Waals surface area contributed by atoms with Crippen molar-refractivity contribution in [2.45, 2.75) is 63.5 Å². The Morgan fingerprint density at radius 2 is 1.71 bits per heavy atom. The second kappa shape index (κ2) is 7.07. The van der Waals surface area contributed by atoms with Crippen LogP contribution >= 0.6 is 0 Å². The number of carbonyl (C=O) groups is 1. The molecule has 6 nitrogen and oxygen atoms in total. The van der Waals surface area contributed by atoms with Gasteiger partial charge in [0.25, 0.3) is 10.2 Å². The van der Waals surface area contributed by atoms with Crippen LogP contribution in [0.4, 0.5) is 0 Å². The Morgan fingerprint density at radius 1 is 1.10 bits per heavy atom. The van der Waals surface area contributed by atoms with Gasteiger partial charge in [0.05, 0.1) is 7.11 Å². The molecule has 0 aromatic heterocycles. The predicted octanol–water partition coefficient (Wildman–Crippen LogP) is 1.52. The van der Waals surface area contributed by atoms with Crippen molar-refractivity contribution in [3.63, 3.8) is 0 Å². The van der Waals surface area contributed by atoms with Gasteiger partial charge in [-0.15, -0.1) is 0 Å². The summed E-state index contributed by atoms with van der Waals surface area (Å²) in [6.07, 6.45) is 7.35. The summed E-state index contributed by atoms with van der Waals surface area (Å²) in [7, 11) is -0.641. The third-order valence-electron chi connectivity index (χ3n) is 4.68. The van der Waals surface area contributed by atoms with Gasteiger partial charge in [-0.3, -0.25) is 4.79 Å². The summed E-state index contributed by atoms with van der Waals surface area (Å²) in [6, 6.07) is -0.608. The van der Waals surface area contributed by atoms with E-state index in [2.05, 4.69) is 0 Å². The summed E-state index contributed by atoms with van der Waals surface area (Å²) in [6.45, 7) is 0.402. The molecule has 2 fully saturated rings. The summed E-state index contributed by atoms with van der Waals surface area (Å²) < 4.78 is 33.3. The van der Waals surface area contributed by atoms with Crippen molar-refractivity contribution in [1.29, 1.82) is 0 Å². The largest absolute Gasteiger partial charge is 0.468 e. The average Bonchev–Trinajstić information content (AvgIpc) is 2.54. The van der Waals surface area contributed by atoms with E-state index in [-0.39, 0.29) is 6.04 Å². The van der Waals surface area contributed by atoms with Gasteiger partial charge in [-0.1, -0.05) is 19.3 Å². The maximum atomic E-state index is 12.9. The lowest BCUT2D eigenvalue weighted by Gasteiger charge is -2.38. The Morgan fingerprint density at radius 3 is 2.33 bits per heavy atom. The summed E-state index contributed by atoms with van der Waals surface area (Å²) in [5.41, 5.74) is 0. The van der Waals surface area contributed by atoms with Crippen LogP contribution in [0.1, 0.15) is 51.4 Å². The van der Waals surface area contributed by atoms with Crippen LogP contribution in [0, 0.1) is 0 Å². The molecular weight excluding hydrogens is 292 g/mol. The lowest BCUT2D eigenvalue weighted by atomic mass is 9.96. The molecule has 1 saturated heterocycles. The molecule has 7 heteroatoms. The molecule has 0 radical (unpaired) electrons. The highest BCUT2D eigenvalue weighted by Crippen LogP contribution is 2.28. The Labute approximate surface area is 127 Å². The van der Waals surface area contributed by atoms with Crippen LogP contribution in [0.5, 0.6) is 0 Å². The van der Waals surface area contributed by atoms with E-state index in [9.17, 15) is 13.2 Å². The van der Waals surface area contributed by atoms with Crippen LogP contribution in [0.2, 0.25) is 0 Å². The monoisotopic (exact) mass is 318 g/mol. The zero-order chi connectivity index (χ0) is 15.5. The molecule has 0 spiro atoms. The second-order valence-corrected chi connectivity index (χ2v) is 7.90. The number of rotatable bonds is 4. The van der Waals surface area contributed by atoms with Crippen molar-refractivity contribution in [3.05, 3.63) is 0 Å². The van der Waals surface area contributed by atoms with Gasteiger partial charge in [0.15, 0.2) is 0 Å². The van der Waals surface area contributed by atoms with E-state index in [1.54, 1.807) is 7.05 Å². The van der Waals surface area contributed by atoms with E-state index < -0.39 is 22.2 Å². The van der Waals surface area contributed by atoms with E-state index in [4.69, 9.17) is 4.74 Å². The molecule has 1 atom stereocenters. The fourth-order valence-electron chi connectivity index (χ4n) is 3.35. The minimum atomic E-state index is -3.60. The normalized spacial score (nSPS) is 26.0. The number of hydrogen-bond acceptors (Lipinski definition) is 4. The zero-order valence-corrected chi connectivity index (χ0v) is 13.8. The standard InChI is InChI=1S/C14H26N2O4S/c1-15(12-8-4-3-5-9-12)21(18,19)16-11-7-6-10-13(16)14(17)20-2/h12-13H,3-11H2,1-2H3. The van der Waals surface area contributed by atoms with Crippen molar-refractivity contribution >= 4 is 16.2 Å². The predicted molar refractivity (Wildman–Crippen MR) is 79.9 cm³/mol. The second-order valence-electron chi connectivity index (χ2n) is 5.96. The first-order valence-corrected chi connectivity index (χ1v) is 9.21. The SMILES string of the molecule is COC(=O)C1CCCCN1S(=O)(=O)N(C)C1CCCCC1. The van der Waals surface area contributed by atoms with E-state index in [0.29, 0.717) is 13.0 Å². The highest BCUT2D eigenvalue weighted by Gasteiger charge is 2.41. The fourth-order valence-corrected chi connectivity index (χ4v) is 5.14. The van der Waals surface area contributed by atoms with Crippen LogP contribution in [-0.2, 0) is 19.7 Å². The number of piperidine rings is 1. The molecule has 0 N–H and O–H groups in total. The lowest BCUT2D eigenvalue weighted by Crippen LogP contribution is -2.54. The fraction of sp³-hybridized carbons (Fsp3) is 0.929. The molecule has 1 saturated carbocycles. The van der Waals surface area contributed by atoms with Crippen LogP contribution in [0.3, 0.4) is 0 Å². The van der Waals surface area contributed by atoms with E-state index in [1.165, 1.54) is 22.1 Å². The van der Waals surface area contributed by atoms with Crippen molar-refractivity contribution in [2.24, 2.45) is 0 Å². The summed E-state index contributed by atoms with van der Waals surface area (Å²) in [5, 5.41) is 0. The Kier molecular flexibility index (Phi) is 5.62. The van der Waals surface area contributed by atoms with Crippen LogP contribution in [-0.4, -0.2) is 55.8 Å². The van der Waals surface area contributed by atoms with E-state index in [0.717, 1.165) is 38.5 Å². The zero-order valence-electron chi connectivity index (χ0n) is 13.0. The Bertz CT molecular complexity index is 460. The number of carbonyl (C=O) groups excluding carboxylic acids is 1. The maximum Gasteiger partial charge on any atom is 0.324 e. The summed E-state index contributed by atoms with van der Waals surface area (Å²) in [5.74, 6) is -0.449. The van der Waals surface area contributed by atoms with Gasteiger partial charge in [0.2, 0.25) is 0 Å². The molecule has 0 bridgehead atoms. The van der Waals surface area contributed by atoms with Gasteiger partial charge >= 0.3 is 5.97 Å². The third-order valence-corrected chi connectivity index (χ3v) is 6.73. The Hall–Kier alpha value is -0.660. The molecule has 0 aromatic carbocycles. The summed E-state index contributed by atoms with van der Waals surface area (Å²) in [4.78, 5) is 11.9. The first kappa shape index (κ1) is 16.7. The van der Waals surface area contributed by atoms with Gasteiger partial charge in [-0.2, -0.15) is 17.0 Å². The first-order valence-electron chi connectivity index (χ1n) is 7.81. The first-order chi connectivity index (χ1) is 9.98. The number of nitrogens with zero attached hydrogens (tertiary/aromatic N) is 2. The van der Waals surface area contributed by atoms with Gasteiger partial charge < -0.3 is 4.74 Å².